The standard InChI is InChI=1S/C17H29N3O2/c21-17(22)14-9-12-11-3-1-2-4-13(11)19-16(12)15(20-14)10-5-7-18-8-6-10/h10-16,18-20H,1-9H2,(H,21,22). The number of hydrogen-bond acceptors (Lipinski definition) is 4. The second-order valence-corrected chi connectivity index (χ2v) is 7.82. The Labute approximate surface area is 132 Å². The zero-order chi connectivity index (χ0) is 15.1. The molecule has 3 aliphatic heterocycles. The minimum absolute atomic E-state index is 0.340. The molecule has 4 N–H and O–H groups in total. The third-order valence-electron chi connectivity index (χ3n) is 6.72. The molecule has 0 bridgehead atoms. The van der Waals surface area contributed by atoms with Crippen LogP contribution in [0.25, 0.3) is 0 Å². The van der Waals surface area contributed by atoms with Gasteiger partial charge in [0.05, 0.1) is 0 Å². The Kier molecular flexibility index (Phi) is 4.13. The predicted molar refractivity (Wildman–Crippen MR) is 84.7 cm³/mol. The molecule has 5 heteroatoms. The van der Waals surface area contributed by atoms with Crippen LogP contribution in [0.1, 0.15) is 44.9 Å². The fourth-order valence-corrected chi connectivity index (χ4v) is 5.69. The summed E-state index contributed by atoms with van der Waals surface area (Å²) in [5.74, 6) is 1.24. The van der Waals surface area contributed by atoms with Gasteiger partial charge in [0.2, 0.25) is 0 Å². The lowest BCUT2D eigenvalue weighted by Crippen LogP contribution is -2.63. The molecule has 3 heterocycles. The van der Waals surface area contributed by atoms with E-state index in [0.29, 0.717) is 35.9 Å². The van der Waals surface area contributed by atoms with Gasteiger partial charge in [0.25, 0.3) is 0 Å². The Morgan fingerprint density at radius 3 is 2.45 bits per heavy atom. The first kappa shape index (κ1) is 14.9. The van der Waals surface area contributed by atoms with Gasteiger partial charge in [0.1, 0.15) is 6.04 Å². The molecular formula is C17H29N3O2. The lowest BCUT2D eigenvalue weighted by molar-refractivity contribution is -0.141. The smallest absolute Gasteiger partial charge is 0.320 e. The van der Waals surface area contributed by atoms with Gasteiger partial charge >= 0.3 is 5.97 Å². The first-order valence-electron chi connectivity index (χ1n) is 9.19. The van der Waals surface area contributed by atoms with E-state index < -0.39 is 5.97 Å². The molecule has 0 spiro atoms. The van der Waals surface area contributed by atoms with Gasteiger partial charge in [-0.3, -0.25) is 10.1 Å². The van der Waals surface area contributed by atoms with E-state index in [0.717, 1.165) is 19.5 Å². The molecule has 1 saturated carbocycles. The largest absolute Gasteiger partial charge is 0.480 e. The van der Waals surface area contributed by atoms with Gasteiger partial charge in [-0.15, -0.1) is 0 Å². The van der Waals surface area contributed by atoms with E-state index in [1.165, 1.54) is 38.5 Å². The number of fused-ring (bicyclic) bond motifs is 3. The van der Waals surface area contributed by atoms with Crippen LogP contribution in [0.15, 0.2) is 0 Å². The van der Waals surface area contributed by atoms with Crippen LogP contribution in [0, 0.1) is 17.8 Å². The Bertz CT molecular complexity index is 424. The van der Waals surface area contributed by atoms with Gasteiger partial charge < -0.3 is 15.7 Å². The van der Waals surface area contributed by atoms with E-state index in [1.807, 2.05) is 0 Å². The van der Waals surface area contributed by atoms with Crippen molar-refractivity contribution in [2.45, 2.75) is 69.1 Å². The summed E-state index contributed by atoms with van der Waals surface area (Å²) in [6.07, 6.45) is 8.40. The zero-order valence-electron chi connectivity index (χ0n) is 13.3. The molecule has 6 atom stereocenters. The maximum Gasteiger partial charge on any atom is 0.320 e. The van der Waals surface area contributed by atoms with Crippen molar-refractivity contribution in [1.29, 1.82) is 0 Å². The van der Waals surface area contributed by atoms with E-state index in [4.69, 9.17) is 0 Å². The highest BCUT2D eigenvalue weighted by Gasteiger charge is 2.52. The average Bonchev–Trinajstić information content (AvgIpc) is 2.93. The number of carboxylic acids is 1. The molecule has 0 aromatic carbocycles. The fourth-order valence-electron chi connectivity index (χ4n) is 5.69. The van der Waals surface area contributed by atoms with Crippen molar-refractivity contribution < 1.29 is 9.90 Å². The molecule has 3 saturated heterocycles. The Balaban J connectivity index is 1.57. The summed E-state index contributed by atoms with van der Waals surface area (Å²) in [4.78, 5) is 11.6. The minimum Gasteiger partial charge on any atom is -0.480 e. The lowest BCUT2D eigenvalue weighted by Gasteiger charge is -2.44. The van der Waals surface area contributed by atoms with Crippen molar-refractivity contribution in [3.8, 4) is 0 Å². The van der Waals surface area contributed by atoms with Crippen LogP contribution in [0.4, 0.5) is 0 Å². The summed E-state index contributed by atoms with van der Waals surface area (Å²) in [7, 11) is 0. The molecule has 0 radical (unpaired) electrons. The number of hydrogen-bond donors (Lipinski definition) is 4. The van der Waals surface area contributed by atoms with Crippen molar-refractivity contribution >= 4 is 5.97 Å². The maximum atomic E-state index is 11.6. The van der Waals surface area contributed by atoms with Crippen LogP contribution in [-0.4, -0.2) is 48.3 Å². The van der Waals surface area contributed by atoms with Crippen molar-refractivity contribution in [3.63, 3.8) is 0 Å². The second kappa shape index (κ2) is 6.10. The summed E-state index contributed by atoms with van der Waals surface area (Å²) in [6, 6.07) is 1.13. The molecular weight excluding hydrogens is 278 g/mol. The van der Waals surface area contributed by atoms with E-state index in [1.54, 1.807) is 0 Å². The molecule has 0 aromatic heterocycles. The van der Waals surface area contributed by atoms with Crippen LogP contribution in [0.3, 0.4) is 0 Å². The van der Waals surface area contributed by atoms with Crippen LogP contribution < -0.4 is 16.0 Å². The summed E-state index contributed by atoms with van der Waals surface area (Å²) < 4.78 is 0. The highest BCUT2D eigenvalue weighted by atomic mass is 16.4. The van der Waals surface area contributed by atoms with Gasteiger partial charge in [-0.05, 0) is 62.9 Å². The molecule has 0 aromatic rings. The van der Waals surface area contributed by atoms with Gasteiger partial charge in [-0.1, -0.05) is 12.8 Å². The summed E-state index contributed by atoms with van der Waals surface area (Å²) >= 11 is 0. The molecule has 1 aliphatic carbocycles. The Morgan fingerprint density at radius 1 is 0.909 bits per heavy atom. The molecule has 6 unspecified atom stereocenters. The molecule has 4 fully saturated rings. The van der Waals surface area contributed by atoms with Crippen molar-refractivity contribution in [1.82, 2.24) is 16.0 Å². The van der Waals surface area contributed by atoms with Crippen LogP contribution in [0.2, 0.25) is 0 Å². The topological polar surface area (TPSA) is 73.4 Å². The third-order valence-corrected chi connectivity index (χ3v) is 6.72. The third kappa shape index (κ3) is 2.57. The van der Waals surface area contributed by atoms with Gasteiger partial charge in [-0.25, -0.2) is 0 Å². The molecule has 5 nitrogen and oxygen atoms in total. The first-order valence-corrected chi connectivity index (χ1v) is 9.19. The average molecular weight is 307 g/mol. The van der Waals surface area contributed by atoms with Crippen molar-refractivity contribution in [2.24, 2.45) is 17.8 Å². The highest BCUT2D eigenvalue weighted by Crippen LogP contribution is 2.44. The van der Waals surface area contributed by atoms with Crippen LogP contribution in [-0.2, 0) is 4.79 Å². The number of rotatable bonds is 2. The minimum atomic E-state index is -0.656. The molecule has 0 amide bonds. The number of carboxylic acid groups (broad SMARTS) is 1. The number of aliphatic carboxylic acids is 1. The van der Waals surface area contributed by atoms with Gasteiger partial charge in [0.15, 0.2) is 0 Å². The van der Waals surface area contributed by atoms with Gasteiger partial charge in [0, 0.05) is 18.1 Å². The lowest BCUT2D eigenvalue weighted by atomic mass is 9.70. The predicted octanol–water partition coefficient (Wildman–Crippen LogP) is 0.948. The first-order chi connectivity index (χ1) is 10.7. The van der Waals surface area contributed by atoms with E-state index in [2.05, 4.69) is 16.0 Å². The van der Waals surface area contributed by atoms with E-state index >= 15 is 0 Å². The Hall–Kier alpha value is -0.650. The zero-order valence-corrected chi connectivity index (χ0v) is 13.3. The maximum absolute atomic E-state index is 11.6. The monoisotopic (exact) mass is 307 g/mol. The molecule has 4 rings (SSSR count). The van der Waals surface area contributed by atoms with E-state index in [-0.39, 0.29) is 6.04 Å². The summed E-state index contributed by atoms with van der Waals surface area (Å²) in [6.45, 7) is 2.15. The second-order valence-electron chi connectivity index (χ2n) is 7.82. The van der Waals surface area contributed by atoms with Crippen LogP contribution in [0.5, 0.6) is 0 Å². The molecule has 4 aliphatic rings. The number of carbonyl (C=O) groups is 1. The summed E-state index contributed by atoms with van der Waals surface area (Å²) in [5.41, 5.74) is 0. The van der Waals surface area contributed by atoms with Crippen LogP contribution >= 0.6 is 0 Å². The quantitative estimate of drug-likeness (QED) is 0.611. The van der Waals surface area contributed by atoms with Crippen molar-refractivity contribution in [2.75, 3.05) is 13.1 Å². The van der Waals surface area contributed by atoms with E-state index in [9.17, 15) is 9.90 Å². The van der Waals surface area contributed by atoms with Crippen molar-refractivity contribution in [3.05, 3.63) is 0 Å². The SMILES string of the molecule is O=C(O)C1CC2C3CCCCC3NC2C(C2CCNCC2)N1. The number of piperidine rings is 2. The van der Waals surface area contributed by atoms with Gasteiger partial charge in [-0.2, -0.15) is 0 Å². The fraction of sp³-hybridized carbons (Fsp3) is 0.941. The molecule has 124 valence electrons. The number of nitrogens with one attached hydrogen (secondary N) is 3. The molecule has 22 heavy (non-hydrogen) atoms. The highest BCUT2D eigenvalue weighted by molar-refractivity contribution is 5.73. The Morgan fingerprint density at radius 2 is 1.68 bits per heavy atom. The summed E-state index contributed by atoms with van der Waals surface area (Å²) in [5, 5.41) is 20.4. The normalized spacial score (nSPS) is 46.0.